The van der Waals surface area contributed by atoms with Gasteiger partial charge in [0.15, 0.2) is 0 Å². The standard InChI is InChI=1S/C15H23BrN2O/c1-2-19-14-7-4-8-18(11-14)15(10-17)12-5-3-6-13(16)9-12/h3,5-6,9,14-15H,2,4,7-8,10-11,17H2,1H3. The van der Waals surface area contributed by atoms with Crippen molar-refractivity contribution >= 4 is 15.9 Å². The van der Waals surface area contributed by atoms with Crippen molar-refractivity contribution < 1.29 is 4.74 Å². The molecule has 0 radical (unpaired) electrons. The van der Waals surface area contributed by atoms with Crippen LogP contribution in [0.1, 0.15) is 31.4 Å². The first-order chi connectivity index (χ1) is 9.24. The van der Waals surface area contributed by atoms with Crippen LogP contribution in [-0.2, 0) is 4.74 Å². The molecule has 2 atom stereocenters. The first-order valence-corrected chi connectivity index (χ1v) is 7.85. The van der Waals surface area contributed by atoms with E-state index in [0.29, 0.717) is 18.7 Å². The van der Waals surface area contributed by atoms with E-state index in [4.69, 9.17) is 10.5 Å². The molecule has 1 aromatic carbocycles. The summed E-state index contributed by atoms with van der Waals surface area (Å²) in [6.07, 6.45) is 2.72. The average molecular weight is 327 g/mol. The largest absolute Gasteiger partial charge is 0.377 e. The number of nitrogens with two attached hydrogens (primary N) is 1. The zero-order chi connectivity index (χ0) is 13.7. The highest BCUT2D eigenvalue weighted by atomic mass is 79.9. The predicted molar refractivity (Wildman–Crippen MR) is 82.2 cm³/mol. The van der Waals surface area contributed by atoms with Crippen LogP contribution < -0.4 is 5.73 Å². The monoisotopic (exact) mass is 326 g/mol. The summed E-state index contributed by atoms with van der Waals surface area (Å²) in [4.78, 5) is 2.46. The molecule has 1 saturated heterocycles. The van der Waals surface area contributed by atoms with E-state index in [1.54, 1.807) is 0 Å². The van der Waals surface area contributed by atoms with Crippen LogP contribution in [0.5, 0.6) is 0 Å². The third kappa shape index (κ3) is 4.02. The lowest BCUT2D eigenvalue weighted by molar-refractivity contribution is -0.00660. The second-order valence-corrected chi connectivity index (χ2v) is 5.94. The fraction of sp³-hybridized carbons (Fsp3) is 0.600. The Morgan fingerprint density at radius 3 is 3.05 bits per heavy atom. The van der Waals surface area contributed by atoms with E-state index in [0.717, 1.165) is 24.2 Å². The smallest absolute Gasteiger partial charge is 0.0702 e. The van der Waals surface area contributed by atoms with Crippen LogP contribution in [-0.4, -0.2) is 37.2 Å². The maximum absolute atomic E-state index is 6.01. The summed E-state index contributed by atoms with van der Waals surface area (Å²) in [5.74, 6) is 0. The molecule has 0 amide bonds. The number of hydrogen-bond donors (Lipinski definition) is 1. The van der Waals surface area contributed by atoms with Gasteiger partial charge in [-0.1, -0.05) is 28.1 Å². The predicted octanol–water partition coefficient (Wildman–Crippen LogP) is 2.95. The molecule has 0 aliphatic carbocycles. The molecular formula is C15H23BrN2O. The normalized spacial score (nSPS) is 22.4. The second kappa shape index (κ2) is 7.39. The van der Waals surface area contributed by atoms with E-state index in [-0.39, 0.29) is 0 Å². The van der Waals surface area contributed by atoms with Crippen LogP contribution in [0, 0.1) is 0 Å². The highest BCUT2D eigenvalue weighted by Crippen LogP contribution is 2.26. The van der Waals surface area contributed by atoms with Crippen molar-refractivity contribution in [1.82, 2.24) is 4.90 Å². The van der Waals surface area contributed by atoms with Gasteiger partial charge in [0, 0.05) is 30.2 Å². The molecule has 2 rings (SSSR count). The first kappa shape index (κ1) is 15.0. The number of halogens is 1. The third-order valence-corrected chi connectivity index (χ3v) is 4.20. The molecule has 1 aromatic rings. The minimum absolute atomic E-state index is 0.292. The van der Waals surface area contributed by atoms with Crippen LogP contribution in [0.3, 0.4) is 0 Å². The maximum atomic E-state index is 6.01. The number of rotatable bonds is 5. The number of ether oxygens (including phenoxy) is 1. The Bertz CT molecular complexity index is 397. The lowest BCUT2D eigenvalue weighted by Gasteiger charge is -2.38. The van der Waals surface area contributed by atoms with Crippen LogP contribution >= 0.6 is 15.9 Å². The lowest BCUT2D eigenvalue weighted by Crippen LogP contribution is -2.44. The Hall–Kier alpha value is -0.420. The van der Waals surface area contributed by atoms with Crippen LogP contribution in [0.25, 0.3) is 0 Å². The van der Waals surface area contributed by atoms with E-state index in [1.807, 2.05) is 0 Å². The van der Waals surface area contributed by atoms with Gasteiger partial charge in [-0.05, 0) is 44.0 Å². The number of benzene rings is 1. The molecule has 0 aromatic heterocycles. The SMILES string of the molecule is CCOC1CCCN(C(CN)c2cccc(Br)c2)C1. The number of nitrogens with zero attached hydrogens (tertiary/aromatic N) is 1. The topological polar surface area (TPSA) is 38.5 Å². The quantitative estimate of drug-likeness (QED) is 0.904. The van der Waals surface area contributed by atoms with E-state index in [1.165, 1.54) is 18.4 Å². The van der Waals surface area contributed by atoms with Crippen LogP contribution in [0.4, 0.5) is 0 Å². The Labute approximate surface area is 124 Å². The zero-order valence-corrected chi connectivity index (χ0v) is 13.1. The van der Waals surface area contributed by atoms with Gasteiger partial charge < -0.3 is 10.5 Å². The van der Waals surface area contributed by atoms with E-state index >= 15 is 0 Å². The molecule has 0 spiro atoms. The summed E-state index contributed by atoms with van der Waals surface area (Å²) in [5.41, 5.74) is 7.29. The van der Waals surface area contributed by atoms with E-state index in [9.17, 15) is 0 Å². The van der Waals surface area contributed by atoms with Gasteiger partial charge in [-0.15, -0.1) is 0 Å². The van der Waals surface area contributed by atoms with Gasteiger partial charge in [0.2, 0.25) is 0 Å². The zero-order valence-electron chi connectivity index (χ0n) is 11.5. The Morgan fingerprint density at radius 2 is 2.37 bits per heavy atom. The van der Waals surface area contributed by atoms with Crippen molar-refractivity contribution in [3.63, 3.8) is 0 Å². The molecule has 2 N–H and O–H groups in total. The van der Waals surface area contributed by atoms with E-state index in [2.05, 4.69) is 52.0 Å². The van der Waals surface area contributed by atoms with Crippen LogP contribution in [0.15, 0.2) is 28.7 Å². The summed E-state index contributed by atoms with van der Waals surface area (Å²) >= 11 is 3.54. The minimum atomic E-state index is 0.292. The molecule has 0 bridgehead atoms. The fourth-order valence-electron chi connectivity index (χ4n) is 2.83. The average Bonchev–Trinajstić information content (AvgIpc) is 2.41. The van der Waals surface area contributed by atoms with Gasteiger partial charge in [-0.25, -0.2) is 0 Å². The number of likely N-dealkylation sites (tertiary alicyclic amines) is 1. The highest BCUT2D eigenvalue weighted by Gasteiger charge is 2.26. The summed E-state index contributed by atoms with van der Waals surface area (Å²) < 4.78 is 6.89. The molecular weight excluding hydrogens is 304 g/mol. The van der Waals surface area contributed by atoms with Gasteiger partial charge in [0.1, 0.15) is 0 Å². The van der Waals surface area contributed by atoms with Crippen molar-refractivity contribution in [2.75, 3.05) is 26.2 Å². The van der Waals surface area contributed by atoms with Gasteiger partial charge in [-0.3, -0.25) is 4.90 Å². The van der Waals surface area contributed by atoms with Crippen molar-refractivity contribution in [2.45, 2.75) is 31.9 Å². The maximum Gasteiger partial charge on any atom is 0.0702 e. The van der Waals surface area contributed by atoms with Crippen molar-refractivity contribution in [3.8, 4) is 0 Å². The molecule has 4 heteroatoms. The Kier molecular flexibility index (Phi) is 5.82. The third-order valence-electron chi connectivity index (χ3n) is 3.71. The summed E-state index contributed by atoms with van der Waals surface area (Å²) in [5, 5.41) is 0. The molecule has 3 nitrogen and oxygen atoms in total. The van der Waals surface area contributed by atoms with Gasteiger partial charge >= 0.3 is 0 Å². The van der Waals surface area contributed by atoms with Crippen molar-refractivity contribution in [2.24, 2.45) is 5.73 Å². The molecule has 1 fully saturated rings. The molecule has 1 aliphatic rings. The molecule has 19 heavy (non-hydrogen) atoms. The fourth-order valence-corrected chi connectivity index (χ4v) is 3.25. The lowest BCUT2D eigenvalue weighted by atomic mass is 10.0. The molecule has 1 aliphatic heterocycles. The molecule has 0 saturated carbocycles. The van der Waals surface area contributed by atoms with Gasteiger partial charge in [0.25, 0.3) is 0 Å². The van der Waals surface area contributed by atoms with Crippen molar-refractivity contribution in [3.05, 3.63) is 34.3 Å². The van der Waals surface area contributed by atoms with Crippen LogP contribution in [0.2, 0.25) is 0 Å². The summed E-state index contributed by atoms with van der Waals surface area (Å²) in [6, 6.07) is 8.75. The molecule has 2 unspecified atom stereocenters. The Balaban J connectivity index is 2.08. The Morgan fingerprint density at radius 1 is 1.53 bits per heavy atom. The molecule has 1 heterocycles. The summed E-state index contributed by atoms with van der Waals surface area (Å²) in [6.45, 7) is 5.60. The van der Waals surface area contributed by atoms with Gasteiger partial charge in [0.05, 0.1) is 6.10 Å². The second-order valence-electron chi connectivity index (χ2n) is 5.02. The summed E-state index contributed by atoms with van der Waals surface area (Å²) in [7, 11) is 0. The van der Waals surface area contributed by atoms with Crippen molar-refractivity contribution in [1.29, 1.82) is 0 Å². The minimum Gasteiger partial charge on any atom is -0.377 e. The first-order valence-electron chi connectivity index (χ1n) is 7.05. The highest BCUT2D eigenvalue weighted by molar-refractivity contribution is 9.10. The molecule has 106 valence electrons. The van der Waals surface area contributed by atoms with Gasteiger partial charge in [-0.2, -0.15) is 0 Å². The van der Waals surface area contributed by atoms with E-state index < -0.39 is 0 Å². The number of hydrogen-bond acceptors (Lipinski definition) is 3. The number of piperidine rings is 1.